The molecule has 0 radical (unpaired) electrons. The molecule has 0 amide bonds. The van der Waals surface area contributed by atoms with E-state index in [2.05, 4.69) is 27.0 Å². The third-order valence-corrected chi connectivity index (χ3v) is 3.68. The Labute approximate surface area is 106 Å². The Morgan fingerprint density at radius 3 is 2.88 bits per heavy atom. The summed E-state index contributed by atoms with van der Waals surface area (Å²) in [6, 6.07) is 7.68. The Bertz CT molecular complexity index is 557. The van der Waals surface area contributed by atoms with Crippen LogP contribution in [0, 0.1) is 11.3 Å². The van der Waals surface area contributed by atoms with Gasteiger partial charge in [-0.1, -0.05) is 22.0 Å². The van der Waals surface area contributed by atoms with Gasteiger partial charge in [-0.2, -0.15) is 5.26 Å². The van der Waals surface area contributed by atoms with Crippen LogP contribution in [0.2, 0.25) is 0 Å². The fourth-order valence-corrected chi connectivity index (χ4v) is 2.58. The average molecular weight is 294 g/mol. The number of nitriles is 1. The second-order valence-electron chi connectivity index (χ2n) is 3.26. The van der Waals surface area contributed by atoms with Crippen LogP contribution in [0.1, 0.15) is 16.0 Å². The summed E-state index contributed by atoms with van der Waals surface area (Å²) in [6.45, 7) is 0. The van der Waals surface area contributed by atoms with Crippen molar-refractivity contribution in [3.63, 3.8) is 0 Å². The summed E-state index contributed by atoms with van der Waals surface area (Å²) >= 11 is 4.94. The molecule has 0 saturated heterocycles. The molecule has 80 valence electrons. The van der Waals surface area contributed by atoms with Crippen LogP contribution in [0.3, 0.4) is 0 Å². The highest BCUT2D eigenvalue weighted by Gasteiger charge is 2.05. The first kappa shape index (κ1) is 11.1. The van der Waals surface area contributed by atoms with Gasteiger partial charge in [-0.05, 0) is 17.7 Å². The van der Waals surface area contributed by atoms with Crippen LogP contribution in [-0.4, -0.2) is 4.98 Å². The van der Waals surface area contributed by atoms with E-state index in [1.54, 1.807) is 6.20 Å². The Kier molecular flexibility index (Phi) is 3.22. The van der Waals surface area contributed by atoms with Crippen LogP contribution >= 0.6 is 27.3 Å². The van der Waals surface area contributed by atoms with Crippen molar-refractivity contribution in [2.75, 3.05) is 5.73 Å². The molecule has 0 unspecified atom stereocenters. The van der Waals surface area contributed by atoms with E-state index < -0.39 is 0 Å². The Morgan fingerprint density at radius 2 is 2.31 bits per heavy atom. The Hall–Kier alpha value is -1.38. The molecule has 2 N–H and O–H groups in total. The maximum absolute atomic E-state index is 8.75. The van der Waals surface area contributed by atoms with Gasteiger partial charge >= 0.3 is 0 Å². The van der Waals surface area contributed by atoms with Gasteiger partial charge in [0.25, 0.3) is 0 Å². The smallest absolute Gasteiger partial charge is 0.180 e. The quantitative estimate of drug-likeness (QED) is 0.926. The number of nitrogen functional groups attached to an aromatic ring is 1. The molecule has 0 fully saturated rings. The van der Waals surface area contributed by atoms with Crippen molar-refractivity contribution in [2.24, 2.45) is 0 Å². The Morgan fingerprint density at radius 1 is 1.50 bits per heavy atom. The first-order valence-electron chi connectivity index (χ1n) is 4.58. The van der Waals surface area contributed by atoms with Crippen LogP contribution in [-0.2, 0) is 6.42 Å². The van der Waals surface area contributed by atoms with E-state index in [0.717, 1.165) is 21.3 Å². The molecule has 2 aromatic rings. The summed E-state index contributed by atoms with van der Waals surface area (Å²) in [5.74, 6) is 0. The summed E-state index contributed by atoms with van der Waals surface area (Å²) < 4.78 is 0.943. The number of rotatable bonds is 2. The third kappa shape index (κ3) is 2.40. The predicted molar refractivity (Wildman–Crippen MR) is 68.2 cm³/mol. The van der Waals surface area contributed by atoms with Crippen molar-refractivity contribution in [3.8, 4) is 6.07 Å². The summed E-state index contributed by atoms with van der Waals surface area (Å²) in [7, 11) is 0. The van der Waals surface area contributed by atoms with Crippen LogP contribution in [0.5, 0.6) is 0 Å². The van der Waals surface area contributed by atoms with E-state index in [1.165, 1.54) is 11.3 Å². The van der Waals surface area contributed by atoms with Gasteiger partial charge in [-0.3, -0.25) is 0 Å². The van der Waals surface area contributed by atoms with Gasteiger partial charge < -0.3 is 5.73 Å². The predicted octanol–water partition coefficient (Wildman–Crippen LogP) is 2.95. The van der Waals surface area contributed by atoms with Gasteiger partial charge in [0.2, 0.25) is 0 Å². The van der Waals surface area contributed by atoms with Crippen molar-refractivity contribution in [2.45, 2.75) is 6.42 Å². The van der Waals surface area contributed by atoms with Gasteiger partial charge in [0.05, 0.1) is 11.6 Å². The Balaban J connectivity index is 2.26. The average Bonchev–Trinajstić information content (AvgIpc) is 2.67. The lowest BCUT2D eigenvalue weighted by molar-refractivity contribution is 1.20. The fraction of sp³-hybridized carbons (Fsp3) is 0.0909. The molecule has 0 saturated carbocycles. The second kappa shape index (κ2) is 4.64. The zero-order valence-corrected chi connectivity index (χ0v) is 10.7. The van der Waals surface area contributed by atoms with Gasteiger partial charge in [0.1, 0.15) is 0 Å². The van der Waals surface area contributed by atoms with Gasteiger partial charge in [-0.25, -0.2) is 4.98 Å². The summed E-state index contributed by atoms with van der Waals surface area (Å²) in [6.07, 6.45) is 2.56. The minimum absolute atomic E-state index is 0.583. The second-order valence-corrected chi connectivity index (χ2v) is 5.26. The molecule has 0 bridgehead atoms. The highest BCUT2D eigenvalue weighted by Crippen LogP contribution is 2.24. The van der Waals surface area contributed by atoms with Crippen molar-refractivity contribution in [3.05, 3.63) is 44.9 Å². The largest absolute Gasteiger partial charge is 0.375 e. The van der Waals surface area contributed by atoms with Crippen LogP contribution < -0.4 is 5.73 Å². The maximum atomic E-state index is 8.75. The van der Waals surface area contributed by atoms with Gasteiger partial charge in [0, 0.05) is 22.0 Å². The minimum atomic E-state index is 0.583. The van der Waals surface area contributed by atoms with E-state index in [4.69, 9.17) is 11.0 Å². The van der Waals surface area contributed by atoms with E-state index in [1.807, 2.05) is 18.2 Å². The van der Waals surface area contributed by atoms with Crippen molar-refractivity contribution >= 4 is 32.4 Å². The maximum Gasteiger partial charge on any atom is 0.180 e. The van der Waals surface area contributed by atoms with Crippen LogP contribution in [0.4, 0.5) is 5.13 Å². The minimum Gasteiger partial charge on any atom is -0.375 e. The van der Waals surface area contributed by atoms with E-state index in [9.17, 15) is 0 Å². The van der Waals surface area contributed by atoms with E-state index in [-0.39, 0.29) is 0 Å². The highest BCUT2D eigenvalue weighted by molar-refractivity contribution is 9.10. The lowest BCUT2D eigenvalue weighted by Crippen LogP contribution is -1.87. The molecule has 3 nitrogen and oxygen atoms in total. The van der Waals surface area contributed by atoms with E-state index >= 15 is 0 Å². The van der Waals surface area contributed by atoms with Crippen molar-refractivity contribution in [1.29, 1.82) is 5.26 Å². The first-order valence-corrected chi connectivity index (χ1v) is 6.18. The topological polar surface area (TPSA) is 62.7 Å². The molecule has 1 aromatic heterocycles. The summed E-state index contributed by atoms with van der Waals surface area (Å²) in [5, 5.41) is 9.33. The van der Waals surface area contributed by atoms with Crippen molar-refractivity contribution < 1.29 is 0 Å². The molecule has 0 spiro atoms. The number of nitrogens with zero attached hydrogens (tertiary/aromatic N) is 2. The zero-order chi connectivity index (χ0) is 11.5. The highest BCUT2D eigenvalue weighted by atomic mass is 79.9. The van der Waals surface area contributed by atoms with E-state index in [0.29, 0.717) is 10.7 Å². The standard InChI is InChI=1S/C11H8BrN3S/c12-10-3-7(5-13)1-2-8(10)4-9-6-15-11(14)16-9/h1-3,6H,4H2,(H2,14,15). The molecule has 1 heterocycles. The number of hydrogen-bond acceptors (Lipinski definition) is 4. The number of aromatic nitrogens is 1. The number of benzene rings is 1. The number of nitrogens with two attached hydrogens (primary N) is 1. The molecule has 2 rings (SSSR count). The molecule has 0 aliphatic carbocycles. The van der Waals surface area contributed by atoms with Crippen LogP contribution in [0.25, 0.3) is 0 Å². The lowest BCUT2D eigenvalue weighted by atomic mass is 10.1. The normalized spacial score (nSPS) is 10.0. The summed E-state index contributed by atoms with van der Waals surface area (Å²) in [5.41, 5.74) is 7.35. The van der Waals surface area contributed by atoms with Gasteiger partial charge in [-0.15, -0.1) is 11.3 Å². The zero-order valence-electron chi connectivity index (χ0n) is 8.27. The molecule has 1 aromatic carbocycles. The number of anilines is 1. The first-order chi connectivity index (χ1) is 7.69. The number of thiazole rings is 1. The molecule has 0 aliphatic rings. The molecule has 5 heteroatoms. The third-order valence-electron chi connectivity index (χ3n) is 2.12. The molecular weight excluding hydrogens is 286 g/mol. The monoisotopic (exact) mass is 293 g/mol. The van der Waals surface area contributed by atoms with Gasteiger partial charge in [0.15, 0.2) is 5.13 Å². The summed E-state index contributed by atoms with van der Waals surface area (Å²) in [4.78, 5) is 5.12. The number of halogens is 1. The molecule has 16 heavy (non-hydrogen) atoms. The molecule has 0 aliphatic heterocycles. The fourth-order valence-electron chi connectivity index (χ4n) is 1.35. The SMILES string of the molecule is N#Cc1ccc(Cc2cnc(N)s2)c(Br)c1. The lowest BCUT2D eigenvalue weighted by Gasteiger charge is -2.02. The van der Waals surface area contributed by atoms with Crippen LogP contribution in [0.15, 0.2) is 28.9 Å². The molecular formula is C11H8BrN3S. The van der Waals surface area contributed by atoms with Crippen molar-refractivity contribution in [1.82, 2.24) is 4.98 Å². The molecule has 0 atom stereocenters. The number of hydrogen-bond donors (Lipinski definition) is 1.